The van der Waals surface area contributed by atoms with Crippen molar-refractivity contribution in [3.8, 4) is 11.5 Å². The molecule has 0 bridgehead atoms. The summed E-state index contributed by atoms with van der Waals surface area (Å²) in [7, 11) is 3.28. The van der Waals surface area contributed by atoms with Crippen LogP contribution < -0.4 is 14.8 Å². The summed E-state index contributed by atoms with van der Waals surface area (Å²) in [5.41, 5.74) is 1.07. The molecule has 0 radical (unpaired) electrons. The number of aryl methyl sites for hydroxylation is 1. The Hall–Kier alpha value is -1.75. The number of nitrogens with one attached hydrogen (secondary N) is 1. The number of amides is 1. The molecule has 1 aromatic rings. The Bertz CT molecular complexity index is 491. The number of carbonyl (C=O) groups is 1. The first-order valence-corrected chi connectivity index (χ1v) is 8.40. The lowest BCUT2D eigenvalue weighted by Crippen LogP contribution is -2.42. The largest absolute Gasteiger partial charge is 0.497 e. The van der Waals surface area contributed by atoms with E-state index in [1.807, 2.05) is 18.2 Å². The van der Waals surface area contributed by atoms with Gasteiger partial charge in [0.2, 0.25) is 5.91 Å². The minimum Gasteiger partial charge on any atom is -0.497 e. The van der Waals surface area contributed by atoms with Gasteiger partial charge in [-0.1, -0.05) is 6.92 Å². The van der Waals surface area contributed by atoms with Crippen LogP contribution in [0.15, 0.2) is 18.2 Å². The SMILES string of the molecule is CCCN(C(=O)CCc1cc(OC)cc(OC)c1)C1CCNC1. The molecule has 1 atom stereocenters. The molecule has 2 rings (SSSR count). The summed E-state index contributed by atoms with van der Waals surface area (Å²) in [6.45, 7) is 4.88. The fraction of sp³-hybridized carbons (Fsp3) is 0.611. The van der Waals surface area contributed by atoms with E-state index < -0.39 is 0 Å². The average Bonchev–Trinajstić information content (AvgIpc) is 3.11. The van der Waals surface area contributed by atoms with Crippen LogP contribution in [0.25, 0.3) is 0 Å². The van der Waals surface area contributed by atoms with Crippen LogP contribution in [0.5, 0.6) is 11.5 Å². The minimum absolute atomic E-state index is 0.238. The predicted octanol–water partition coefficient (Wildman–Crippen LogP) is 2.24. The highest BCUT2D eigenvalue weighted by Crippen LogP contribution is 2.23. The summed E-state index contributed by atoms with van der Waals surface area (Å²) >= 11 is 0. The van der Waals surface area contributed by atoms with E-state index in [1.54, 1.807) is 14.2 Å². The van der Waals surface area contributed by atoms with Crippen LogP contribution in [0, 0.1) is 0 Å². The number of hydrogen-bond donors (Lipinski definition) is 1. The monoisotopic (exact) mass is 320 g/mol. The van der Waals surface area contributed by atoms with Gasteiger partial charge in [-0.05, 0) is 43.5 Å². The molecule has 1 fully saturated rings. The quantitative estimate of drug-likeness (QED) is 0.798. The van der Waals surface area contributed by atoms with Crippen LogP contribution >= 0.6 is 0 Å². The van der Waals surface area contributed by atoms with Crippen LogP contribution in [0.1, 0.15) is 31.7 Å². The topological polar surface area (TPSA) is 50.8 Å². The summed E-state index contributed by atoms with van der Waals surface area (Å²) in [6, 6.07) is 6.13. The van der Waals surface area contributed by atoms with Crippen molar-refractivity contribution in [3.63, 3.8) is 0 Å². The zero-order valence-corrected chi connectivity index (χ0v) is 14.4. The smallest absolute Gasteiger partial charge is 0.223 e. The molecular weight excluding hydrogens is 292 g/mol. The maximum Gasteiger partial charge on any atom is 0.223 e. The molecule has 0 aliphatic carbocycles. The third-order valence-electron chi connectivity index (χ3n) is 4.30. The molecule has 1 aliphatic heterocycles. The van der Waals surface area contributed by atoms with E-state index in [0.29, 0.717) is 18.9 Å². The van der Waals surface area contributed by atoms with Crippen molar-refractivity contribution in [2.75, 3.05) is 33.9 Å². The Morgan fingerprint density at radius 3 is 2.48 bits per heavy atom. The van der Waals surface area contributed by atoms with Crippen LogP contribution in [0.3, 0.4) is 0 Å². The van der Waals surface area contributed by atoms with Gasteiger partial charge < -0.3 is 19.7 Å². The highest BCUT2D eigenvalue weighted by molar-refractivity contribution is 5.77. The Balaban J connectivity index is 1.99. The van der Waals surface area contributed by atoms with E-state index in [-0.39, 0.29) is 5.91 Å². The fourth-order valence-electron chi connectivity index (χ4n) is 3.06. The van der Waals surface area contributed by atoms with E-state index in [0.717, 1.165) is 49.5 Å². The normalized spacial score (nSPS) is 17.1. The minimum atomic E-state index is 0.238. The molecule has 1 amide bonds. The number of benzene rings is 1. The van der Waals surface area contributed by atoms with E-state index in [1.165, 1.54) is 0 Å². The second kappa shape index (κ2) is 8.77. The van der Waals surface area contributed by atoms with Crippen molar-refractivity contribution in [2.24, 2.45) is 0 Å². The first-order valence-electron chi connectivity index (χ1n) is 8.40. The van der Waals surface area contributed by atoms with Crippen LogP contribution in [0.4, 0.5) is 0 Å². The predicted molar refractivity (Wildman–Crippen MR) is 91.1 cm³/mol. The lowest BCUT2D eigenvalue weighted by Gasteiger charge is -2.28. The molecule has 128 valence electrons. The van der Waals surface area contributed by atoms with Gasteiger partial charge in [0.15, 0.2) is 0 Å². The van der Waals surface area contributed by atoms with Gasteiger partial charge in [0.1, 0.15) is 11.5 Å². The van der Waals surface area contributed by atoms with Crippen LogP contribution in [-0.2, 0) is 11.2 Å². The summed E-state index contributed by atoms with van der Waals surface area (Å²) in [6.07, 6.45) is 3.27. The Kier molecular flexibility index (Phi) is 6.71. The van der Waals surface area contributed by atoms with Gasteiger partial charge in [-0.25, -0.2) is 0 Å². The number of methoxy groups -OCH3 is 2. The summed E-state index contributed by atoms with van der Waals surface area (Å²) in [5, 5.41) is 3.34. The van der Waals surface area contributed by atoms with E-state index in [2.05, 4.69) is 17.1 Å². The van der Waals surface area contributed by atoms with Crippen molar-refractivity contribution in [1.29, 1.82) is 0 Å². The van der Waals surface area contributed by atoms with Gasteiger partial charge in [-0.2, -0.15) is 0 Å². The van der Waals surface area contributed by atoms with Crippen molar-refractivity contribution >= 4 is 5.91 Å². The molecule has 1 N–H and O–H groups in total. The molecule has 5 heteroatoms. The second-order valence-corrected chi connectivity index (χ2v) is 5.95. The Morgan fingerprint density at radius 2 is 1.96 bits per heavy atom. The maximum absolute atomic E-state index is 12.6. The van der Waals surface area contributed by atoms with Crippen molar-refractivity contribution in [2.45, 2.75) is 38.6 Å². The second-order valence-electron chi connectivity index (χ2n) is 5.95. The molecular formula is C18H28N2O3. The molecule has 1 saturated heterocycles. The first kappa shape index (κ1) is 17.6. The molecule has 0 aromatic heterocycles. The molecule has 0 saturated carbocycles. The number of carbonyl (C=O) groups excluding carboxylic acids is 1. The van der Waals surface area contributed by atoms with Crippen molar-refractivity contribution in [1.82, 2.24) is 10.2 Å². The molecule has 1 heterocycles. The number of hydrogen-bond acceptors (Lipinski definition) is 4. The van der Waals surface area contributed by atoms with Gasteiger partial charge >= 0.3 is 0 Å². The average molecular weight is 320 g/mol. The maximum atomic E-state index is 12.6. The van der Waals surface area contributed by atoms with E-state index in [9.17, 15) is 4.79 Å². The lowest BCUT2D eigenvalue weighted by atomic mass is 10.1. The van der Waals surface area contributed by atoms with Gasteiger partial charge in [-0.3, -0.25) is 4.79 Å². The molecule has 1 aromatic carbocycles. The molecule has 5 nitrogen and oxygen atoms in total. The van der Waals surface area contributed by atoms with Gasteiger partial charge in [0.05, 0.1) is 14.2 Å². The summed E-state index contributed by atoms with van der Waals surface area (Å²) in [5.74, 6) is 1.76. The summed E-state index contributed by atoms with van der Waals surface area (Å²) < 4.78 is 10.6. The van der Waals surface area contributed by atoms with Crippen LogP contribution in [0.2, 0.25) is 0 Å². The third kappa shape index (κ3) is 4.86. The standard InChI is InChI=1S/C18H28N2O3/c1-4-9-20(15-7-8-19-13-15)18(21)6-5-14-10-16(22-2)12-17(11-14)23-3/h10-12,15,19H,4-9,13H2,1-3H3. The number of rotatable bonds is 8. The number of ether oxygens (including phenoxy) is 2. The van der Waals surface area contributed by atoms with Crippen molar-refractivity contribution < 1.29 is 14.3 Å². The van der Waals surface area contributed by atoms with Gasteiger partial charge in [-0.15, -0.1) is 0 Å². The first-order chi connectivity index (χ1) is 11.2. The van der Waals surface area contributed by atoms with Crippen molar-refractivity contribution in [3.05, 3.63) is 23.8 Å². The fourth-order valence-corrected chi connectivity index (χ4v) is 3.06. The van der Waals surface area contributed by atoms with E-state index >= 15 is 0 Å². The third-order valence-corrected chi connectivity index (χ3v) is 4.30. The van der Waals surface area contributed by atoms with Crippen LogP contribution in [-0.4, -0.2) is 50.7 Å². The zero-order chi connectivity index (χ0) is 16.7. The molecule has 1 aliphatic rings. The van der Waals surface area contributed by atoms with Gasteiger partial charge in [0, 0.05) is 31.6 Å². The molecule has 1 unspecified atom stereocenters. The molecule has 0 spiro atoms. The zero-order valence-electron chi connectivity index (χ0n) is 14.4. The van der Waals surface area contributed by atoms with Gasteiger partial charge in [0.25, 0.3) is 0 Å². The Morgan fingerprint density at radius 1 is 1.26 bits per heavy atom. The highest BCUT2D eigenvalue weighted by Gasteiger charge is 2.25. The Labute approximate surface area is 139 Å². The lowest BCUT2D eigenvalue weighted by molar-refractivity contribution is -0.133. The highest BCUT2D eigenvalue weighted by atomic mass is 16.5. The molecule has 23 heavy (non-hydrogen) atoms. The van der Waals surface area contributed by atoms with E-state index in [4.69, 9.17) is 9.47 Å². The summed E-state index contributed by atoms with van der Waals surface area (Å²) in [4.78, 5) is 14.7. The number of nitrogens with zero attached hydrogens (tertiary/aromatic N) is 1.